The van der Waals surface area contributed by atoms with Gasteiger partial charge in [-0.3, -0.25) is 18.9 Å². The molecule has 7 rings (SSSR count). The zero-order valence-electron chi connectivity index (χ0n) is 23.6. The molecule has 0 bridgehead atoms. The monoisotopic (exact) mass is 602 g/mol. The second-order valence-corrected chi connectivity index (χ2v) is 11.8. The van der Waals surface area contributed by atoms with E-state index >= 15 is 0 Å². The first-order chi connectivity index (χ1) is 20.9. The van der Waals surface area contributed by atoms with E-state index in [1.54, 1.807) is 6.07 Å². The second kappa shape index (κ2) is 11.4. The summed E-state index contributed by atoms with van der Waals surface area (Å²) in [6.07, 6.45) is 6.05. The number of pyridine rings is 1. The number of H-pyrrole nitrogens is 1. The molecule has 4 aromatic heterocycles. The molecule has 0 amide bonds. The molecule has 1 saturated carbocycles. The maximum absolute atomic E-state index is 13.2. The van der Waals surface area contributed by atoms with Crippen molar-refractivity contribution in [2.24, 2.45) is 11.8 Å². The molecule has 43 heavy (non-hydrogen) atoms. The number of halogens is 1. The number of aromatic amines is 1. The van der Waals surface area contributed by atoms with E-state index in [4.69, 9.17) is 35.8 Å². The summed E-state index contributed by atoms with van der Waals surface area (Å²) in [5.74, 6) is 1.51. The van der Waals surface area contributed by atoms with Gasteiger partial charge < -0.3 is 14.2 Å². The van der Waals surface area contributed by atoms with Crippen molar-refractivity contribution in [3.05, 3.63) is 80.2 Å². The van der Waals surface area contributed by atoms with E-state index in [1.807, 2.05) is 18.2 Å². The third kappa shape index (κ3) is 5.36. The molecule has 12 nitrogen and oxygen atoms in total. The maximum Gasteiger partial charge on any atom is 0.439 e. The van der Waals surface area contributed by atoms with E-state index in [1.165, 1.54) is 16.8 Å². The van der Waals surface area contributed by atoms with Crippen LogP contribution in [-0.2, 0) is 11.3 Å². The van der Waals surface area contributed by atoms with Gasteiger partial charge >= 0.3 is 5.76 Å². The smallest absolute Gasteiger partial charge is 0.377 e. The lowest BCUT2D eigenvalue weighted by Crippen LogP contribution is -2.41. The fraction of sp³-hybridized carbons (Fsp3) is 0.400. The van der Waals surface area contributed by atoms with E-state index in [-0.39, 0.29) is 23.2 Å². The van der Waals surface area contributed by atoms with Crippen molar-refractivity contribution in [1.82, 2.24) is 34.2 Å². The highest BCUT2D eigenvalue weighted by molar-refractivity contribution is 6.30. The minimum atomic E-state index is -0.739. The highest BCUT2D eigenvalue weighted by Gasteiger charge is 2.32. The average molecular weight is 603 g/mol. The van der Waals surface area contributed by atoms with Gasteiger partial charge in [0, 0.05) is 25.4 Å². The summed E-state index contributed by atoms with van der Waals surface area (Å²) in [5, 5.41) is 4.16. The van der Waals surface area contributed by atoms with Crippen molar-refractivity contribution < 1.29 is 9.26 Å². The first-order valence-corrected chi connectivity index (χ1v) is 14.9. The Hall–Kier alpha value is -4.29. The molecule has 5 aromatic rings. The Kier molecular flexibility index (Phi) is 7.31. The molecule has 222 valence electrons. The fourth-order valence-corrected chi connectivity index (χ4v) is 6.35. The fourth-order valence-electron chi connectivity index (χ4n) is 6.19. The summed E-state index contributed by atoms with van der Waals surface area (Å²) in [6.45, 7) is 4.66. The standard InChI is InChI=1S/C30H31ClN8O4/c1-18-7-9-19(10-8-18)15-39-24-25(34-29(39)37-13-14-42-17-22(37)20-5-3-2-4-6-20)32-26(27-35-30(41)43-36-27)33-28(24)38-16-21(31)11-12-23(38)40/h2-6,11-12,16,18-19,22H,7-10,13-15,17H2,1H3,(H,35,36,41)/t18-,19-,22-/m0/s1. The van der Waals surface area contributed by atoms with Crippen LogP contribution in [0.4, 0.5) is 5.95 Å². The predicted octanol–water partition coefficient (Wildman–Crippen LogP) is 4.38. The molecule has 2 fully saturated rings. The molecular formula is C30H31ClN8O4. The predicted molar refractivity (Wildman–Crippen MR) is 161 cm³/mol. The zero-order valence-corrected chi connectivity index (χ0v) is 24.4. The molecule has 0 radical (unpaired) electrons. The number of morpholine rings is 1. The number of hydrogen-bond donors (Lipinski definition) is 1. The number of aromatic nitrogens is 7. The molecule has 1 saturated heterocycles. The first-order valence-electron chi connectivity index (χ1n) is 14.6. The number of nitrogens with one attached hydrogen (secondary N) is 1. The van der Waals surface area contributed by atoms with Crippen molar-refractivity contribution in [2.75, 3.05) is 24.7 Å². The Balaban J connectivity index is 1.48. The number of imidazole rings is 1. The van der Waals surface area contributed by atoms with Crippen LogP contribution in [0, 0.1) is 11.8 Å². The van der Waals surface area contributed by atoms with Crippen molar-refractivity contribution in [2.45, 2.75) is 45.2 Å². The molecule has 2 aliphatic rings. The largest absolute Gasteiger partial charge is 0.439 e. The van der Waals surface area contributed by atoms with Crippen LogP contribution in [0.15, 0.2) is 62.8 Å². The van der Waals surface area contributed by atoms with Gasteiger partial charge in [0.25, 0.3) is 5.56 Å². The molecule has 1 atom stereocenters. The zero-order chi connectivity index (χ0) is 29.5. The Labute approximate surface area is 251 Å². The van der Waals surface area contributed by atoms with Crippen LogP contribution in [-0.4, -0.2) is 54.0 Å². The van der Waals surface area contributed by atoms with Crippen molar-refractivity contribution in [1.29, 1.82) is 0 Å². The third-order valence-electron chi connectivity index (χ3n) is 8.47. The Morgan fingerprint density at radius 2 is 1.84 bits per heavy atom. The Morgan fingerprint density at radius 3 is 2.60 bits per heavy atom. The van der Waals surface area contributed by atoms with Crippen LogP contribution < -0.4 is 16.2 Å². The van der Waals surface area contributed by atoms with Crippen molar-refractivity contribution in [3.63, 3.8) is 0 Å². The summed E-state index contributed by atoms with van der Waals surface area (Å²) < 4.78 is 14.2. The highest BCUT2D eigenvalue weighted by atomic mass is 35.5. The maximum atomic E-state index is 13.2. The summed E-state index contributed by atoms with van der Waals surface area (Å²) in [6, 6.07) is 13.1. The van der Waals surface area contributed by atoms with Crippen molar-refractivity contribution in [3.8, 4) is 17.5 Å². The van der Waals surface area contributed by atoms with E-state index in [9.17, 15) is 9.59 Å². The van der Waals surface area contributed by atoms with Crippen LogP contribution in [0.2, 0.25) is 5.02 Å². The van der Waals surface area contributed by atoms with Crippen LogP contribution >= 0.6 is 11.6 Å². The van der Waals surface area contributed by atoms with Gasteiger partial charge in [-0.2, -0.15) is 4.98 Å². The quantitative estimate of drug-likeness (QED) is 0.300. The van der Waals surface area contributed by atoms with E-state index in [2.05, 4.69) is 38.7 Å². The van der Waals surface area contributed by atoms with Crippen LogP contribution in [0.25, 0.3) is 28.6 Å². The molecule has 1 aliphatic carbocycles. The number of ether oxygens (including phenoxy) is 1. The van der Waals surface area contributed by atoms with Gasteiger partial charge in [-0.25, -0.2) is 14.8 Å². The van der Waals surface area contributed by atoms with Crippen LogP contribution in [0.3, 0.4) is 0 Å². The number of fused-ring (bicyclic) bond motifs is 1. The van der Waals surface area contributed by atoms with Gasteiger partial charge in [0.15, 0.2) is 11.5 Å². The lowest BCUT2D eigenvalue weighted by molar-refractivity contribution is 0.0927. The molecular weight excluding hydrogens is 572 g/mol. The molecule has 0 unspecified atom stereocenters. The number of rotatable bonds is 6. The Bertz CT molecular complexity index is 1870. The molecule has 1 N–H and O–H groups in total. The van der Waals surface area contributed by atoms with E-state index in [0.29, 0.717) is 60.1 Å². The lowest BCUT2D eigenvalue weighted by atomic mass is 9.83. The number of anilines is 1. The van der Waals surface area contributed by atoms with Gasteiger partial charge in [-0.15, -0.1) is 0 Å². The topological polar surface area (TPSA) is 137 Å². The molecule has 0 spiro atoms. The number of nitrogens with zero attached hydrogens (tertiary/aromatic N) is 7. The summed E-state index contributed by atoms with van der Waals surface area (Å²) in [5.41, 5.74) is 1.77. The molecule has 5 heterocycles. The first kappa shape index (κ1) is 27.5. The highest BCUT2D eigenvalue weighted by Crippen LogP contribution is 2.37. The SMILES string of the molecule is C[C@H]1CC[C@H](Cn2c(N3CCOC[C@H]3c3ccccc3)nc3nc(-c4noc(=O)[nH]4)nc(-n4cc(Cl)ccc4=O)c32)CC1. The normalized spacial score (nSPS) is 21.0. The van der Waals surface area contributed by atoms with Gasteiger partial charge in [-0.05, 0) is 36.3 Å². The van der Waals surface area contributed by atoms with Gasteiger partial charge in [-0.1, -0.05) is 66.9 Å². The number of benzene rings is 1. The van der Waals surface area contributed by atoms with Gasteiger partial charge in [0.05, 0.1) is 24.3 Å². The van der Waals surface area contributed by atoms with Crippen LogP contribution in [0.1, 0.15) is 44.2 Å². The van der Waals surface area contributed by atoms with Crippen molar-refractivity contribution >= 4 is 28.7 Å². The molecule has 1 aliphatic heterocycles. The van der Waals surface area contributed by atoms with Gasteiger partial charge in [0.2, 0.25) is 17.6 Å². The van der Waals surface area contributed by atoms with Gasteiger partial charge in [0.1, 0.15) is 5.52 Å². The van der Waals surface area contributed by atoms with E-state index in [0.717, 1.165) is 37.2 Å². The summed E-state index contributed by atoms with van der Waals surface area (Å²) in [4.78, 5) is 44.4. The summed E-state index contributed by atoms with van der Waals surface area (Å²) >= 11 is 6.38. The van der Waals surface area contributed by atoms with E-state index < -0.39 is 5.76 Å². The average Bonchev–Trinajstić information content (AvgIpc) is 3.63. The third-order valence-corrected chi connectivity index (χ3v) is 8.69. The minimum absolute atomic E-state index is 0.0362. The summed E-state index contributed by atoms with van der Waals surface area (Å²) in [7, 11) is 0. The lowest BCUT2D eigenvalue weighted by Gasteiger charge is -2.37. The second-order valence-electron chi connectivity index (χ2n) is 11.4. The minimum Gasteiger partial charge on any atom is -0.377 e. The molecule has 13 heteroatoms. The number of hydrogen-bond acceptors (Lipinski definition) is 9. The van der Waals surface area contributed by atoms with Crippen LogP contribution in [0.5, 0.6) is 0 Å². The Morgan fingerprint density at radius 1 is 1.02 bits per heavy atom. The molecule has 1 aromatic carbocycles.